The van der Waals surface area contributed by atoms with Crippen molar-refractivity contribution < 1.29 is 4.79 Å². The molecule has 0 saturated heterocycles. The lowest BCUT2D eigenvalue weighted by Gasteiger charge is -2.35. The molecule has 1 heteroatoms. The average molecular weight is 459 g/mol. The third kappa shape index (κ3) is 12.0. The van der Waals surface area contributed by atoms with Crippen molar-refractivity contribution in [2.24, 2.45) is 17.3 Å². The normalized spacial score (nSPS) is 21.2. The molecule has 0 spiro atoms. The van der Waals surface area contributed by atoms with Gasteiger partial charge in [0.25, 0.3) is 0 Å². The number of rotatable bonds is 10. The van der Waals surface area contributed by atoms with Crippen LogP contribution in [0.1, 0.15) is 75.2 Å². The second-order valence-corrected chi connectivity index (χ2v) is 10.8. The van der Waals surface area contributed by atoms with E-state index >= 15 is 0 Å². The highest BCUT2D eigenvalue weighted by Gasteiger charge is 2.34. The van der Waals surface area contributed by atoms with Crippen molar-refractivity contribution in [3.8, 4) is 0 Å². The van der Waals surface area contributed by atoms with Crippen molar-refractivity contribution >= 4 is 5.78 Å². The zero-order chi connectivity index (χ0) is 25.7. The summed E-state index contributed by atoms with van der Waals surface area (Å²) in [7, 11) is 0. The van der Waals surface area contributed by atoms with E-state index in [0.29, 0.717) is 18.3 Å². The zero-order valence-corrected chi connectivity index (χ0v) is 23.0. The van der Waals surface area contributed by atoms with Gasteiger partial charge in [-0.15, -0.1) is 0 Å². The molecule has 1 aliphatic rings. The lowest BCUT2D eigenvalue weighted by molar-refractivity contribution is -0.117. The van der Waals surface area contributed by atoms with Crippen LogP contribution < -0.4 is 0 Å². The van der Waals surface area contributed by atoms with Crippen LogP contribution in [0.15, 0.2) is 107 Å². The minimum atomic E-state index is -0.0276. The Labute approximate surface area is 209 Å². The Balaban J connectivity index is 2.64. The molecule has 1 rings (SSSR count). The van der Waals surface area contributed by atoms with E-state index in [4.69, 9.17) is 0 Å². The van der Waals surface area contributed by atoms with E-state index in [-0.39, 0.29) is 11.2 Å². The molecule has 0 N–H and O–H groups in total. The Morgan fingerprint density at radius 2 is 1.38 bits per heavy atom. The van der Waals surface area contributed by atoms with E-state index in [2.05, 4.69) is 135 Å². The first-order valence-electron chi connectivity index (χ1n) is 12.5. The Morgan fingerprint density at radius 1 is 0.882 bits per heavy atom. The topological polar surface area (TPSA) is 17.1 Å². The van der Waals surface area contributed by atoms with Crippen molar-refractivity contribution in [1.29, 1.82) is 0 Å². The summed E-state index contributed by atoms with van der Waals surface area (Å²) >= 11 is 0. The molecule has 1 atom stereocenters. The van der Waals surface area contributed by atoms with Crippen molar-refractivity contribution in [1.82, 2.24) is 0 Å². The fourth-order valence-corrected chi connectivity index (χ4v) is 4.24. The van der Waals surface area contributed by atoms with Gasteiger partial charge >= 0.3 is 0 Å². The summed E-state index contributed by atoms with van der Waals surface area (Å²) in [5, 5.41) is 0. The van der Waals surface area contributed by atoms with E-state index in [1.807, 2.05) is 0 Å². The zero-order valence-electron chi connectivity index (χ0n) is 23.0. The standard InChI is InChI=1S/C33H46O/c1-25(2)22-29(6)19-13-17-27(4)15-11-10-14-26(3)16-12-18-28(5)20-21-32-30(7)23-31(34)24-33(32,8)9/h10-21,23,25,32H,22,24H2,1-9H3/b11-10+,16-12+,17-13+,21-20+,26-14+,27-15+,28-18+,29-19+/t32-/m1/s1. The van der Waals surface area contributed by atoms with Gasteiger partial charge in [-0.1, -0.05) is 128 Å². The third-order valence-electron chi connectivity index (χ3n) is 5.92. The maximum absolute atomic E-state index is 11.9. The summed E-state index contributed by atoms with van der Waals surface area (Å²) in [6, 6.07) is 0. The molecule has 0 unspecified atom stereocenters. The fraction of sp³-hybridized carbons (Fsp3) is 0.424. The largest absolute Gasteiger partial charge is 0.295 e. The molecule has 1 aliphatic carbocycles. The van der Waals surface area contributed by atoms with E-state index in [1.165, 1.54) is 22.3 Å². The van der Waals surface area contributed by atoms with Crippen LogP contribution in [0.5, 0.6) is 0 Å². The van der Waals surface area contributed by atoms with Crippen LogP contribution in [-0.4, -0.2) is 5.78 Å². The van der Waals surface area contributed by atoms with E-state index in [0.717, 1.165) is 12.0 Å². The summed E-state index contributed by atoms with van der Waals surface area (Å²) in [6.45, 7) is 19.4. The van der Waals surface area contributed by atoms with Crippen LogP contribution in [0.25, 0.3) is 0 Å². The second kappa shape index (κ2) is 14.6. The highest BCUT2D eigenvalue weighted by molar-refractivity contribution is 5.92. The highest BCUT2D eigenvalue weighted by atomic mass is 16.1. The lowest BCUT2D eigenvalue weighted by Crippen LogP contribution is -2.30. The summed E-state index contributed by atoms with van der Waals surface area (Å²) in [5.74, 6) is 1.24. The number of allylic oxidation sites excluding steroid dienone is 18. The number of ketones is 1. The van der Waals surface area contributed by atoms with Gasteiger partial charge < -0.3 is 0 Å². The van der Waals surface area contributed by atoms with E-state index in [9.17, 15) is 4.79 Å². The number of carbonyl (C=O) groups excluding carboxylic acids is 1. The predicted molar refractivity (Wildman–Crippen MR) is 152 cm³/mol. The van der Waals surface area contributed by atoms with Crippen LogP contribution in [0.3, 0.4) is 0 Å². The Hall–Kier alpha value is -2.67. The van der Waals surface area contributed by atoms with Gasteiger partial charge in [-0.05, 0) is 58.4 Å². The molecule has 34 heavy (non-hydrogen) atoms. The maximum atomic E-state index is 11.9. The van der Waals surface area contributed by atoms with Crippen LogP contribution in [0, 0.1) is 17.3 Å². The van der Waals surface area contributed by atoms with Crippen LogP contribution in [0.2, 0.25) is 0 Å². The molecular formula is C33H46O. The first kappa shape index (κ1) is 29.4. The van der Waals surface area contributed by atoms with Gasteiger partial charge in [0.15, 0.2) is 5.78 Å². The number of hydrogen-bond donors (Lipinski definition) is 0. The Morgan fingerprint density at radius 3 is 1.91 bits per heavy atom. The molecule has 0 aromatic rings. The summed E-state index contributed by atoms with van der Waals surface area (Å²) in [4.78, 5) is 11.9. The number of carbonyl (C=O) groups is 1. The molecule has 0 aromatic heterocycles. The van der Waals surface area contributed by atoms with Gasteiger partial charge in [-0.25, -0.2) is 0 Å². The first-order valence-corrected chi connectivity index (χ1v) is 12.5. The highest BCUT2D eigenvalue weighted by Crippen LogP contribution is 2.40. The monoisotopic (exact) mass is 458 g/mol. The van der Waals surface area contributed by atoms with Crippen LogP contribution >= 0.6 is 0 Å². The molecule has 0 aromatic carbocycles. The minimum absolute atomic E-state index is 0.0276. The smallest absolute Gasteiger partial charge is 0.156 e. The quantitative estimate of drug-likeness (QED) is 0.298. The molecule has 0 fully saturated rings. The van der Waals surface area contributed by atoms with Crippen molar-refractivity contribution in [3.05, 3.63) is 107 Å². The van der Waals surface area contributed by atoms with Gasteiger partial charge in [-0.2, -0.15) is 0 Å². The molecule has 0 heterocycles. The summed E-state index contributed by atoms with van der Waals surface area (Å²) < 4.78 is 0. The SMILES string of the molecule is CC1=CC(=O)CC(C)(C)[C@@H]1/C=C/C(C)=C/C=C/C(C)=C/C=C/C=C(C)/C=C/C=C(\C)CC(C)C. The van der Waals surface area contributed by atoms with Gasteiger partial charge in [0.1, 0.15) is 0 Å². The van der Waals surface area contributed by atoms with Crippen molar-refractivity contribution in [3.63, 3.8) is 0 Å². The molecule has 0 saturated carbocycles. The van der Waals surface area contributed by atoms with Crippen LogP contribution in [0.4, 0.5) is 0 Å². The van der Waals surface area contributed by atoms with E-state index in [1.54, 1.807) is 6.08 Å². The molecule has 1 nitrogen and oxygen atoms in total. The number of hydrogen-bond acceptors (Lipinski definition) is 1. The maximum Gasteiger partial charge on any atom is 0.156 e. The second-order valence-electron chi connectivity index (χ2n) is 10.8. The molecule has 0 amide bonds. The molecule has 184 valence electrons. The molecule has 0 radical (unpaired) electrons. The Kier molecular flexibility index (Phi) is 12.6. The van der Waals surface area contributed by atoms with Crippen molar-refractivity contribution in [2.45, 2.75) is 75.2 Å². The molecule has 0 bridgehead atoms. The summed E-state index contributed by atoms with van der Waals surface area (Å²) in [5.41, 5.74) is 6.17. The van der Waals surface area contributed by atoms with Gasteiger partial charge in [0.05, 0.1) is 0 Å². The fourth-order valence-electron chi connectivity index (χ4n) is 4.24. The Bertz CT molecular complexity index is 962. The first-order chi connectivity index (χ1) is 15.9. The third-order valence-corrected chi connectivity index (χ3v) is 5.92. The summed E-state index contributed by atoms with van der Waals surface area (Å²) in [6.07, 6.45) is 29.2. The van der Waals surface area contributed by atoms with E-state index < -0.39 is 0 Å². The van der Waals surface area contributed by atoms with Crippen LogP contribution in [-0.2, 0) is 4.79 Å². The van der Waals surface area contributed by atoms with Gasteiger partial charge in [-0.3, -0.25) is 4.79 Å². The lowest BCUT2D eigenvalue weighted by atomic mass is 9.68. The molecule has 0 aliphatic heterocycles. The predicted octanol–water partition coefficient (Wildman–Crippen LogP) is 9.60. The van der Waals surface area contributed by atoms with Gasteiger partial charge in [0.2, 0.25) is 0 Å². The van der Waals surface area contributed by atoms with Gasteiger partial charge in [0, 0.05) is 12.3 Å². The minimum Gasteiger partial charge on any atom is -0.295 e. The average Bonchev–Trinajstić information content (AvgIpc) is 2.69. The van der Waals surface area contributed by atoms with Crippen molar-refractivity contribution in [2.75, 3.05) is 0 Å². The molecular weight excluding hydrogens is 412 g/mol.